The first kappa shape index (κ1) is 28.4. The predicted molar refractivity (Wildman–Crippen MR) is 137 cm³/mol. The second-order valence-electron chi connectivity index (χ2n) is 11.7. The molecule has 4 aliphatic heterocycles. The minimum atomic E-state index is -1.48. The smallest absolute Gasteiger partial charge is 0.191 e. The Morgan fingerprint density at radius 3 is 2.22 bits per heavy atom. The molecule has 4 aliphatic rings. The summed E-state index contributed by atoms with van der Waals surface area (Å²) in [5, 5.41) is 23.3. The molecule has 11 atom stereocenters. The molecule has 0 aliphatic carbocycles. The van der Waals surface area contributed by atoms with E-state index in [0.29, 0.717) is 35.5 Å². The lowest BCUT2D eigenvalue weighted by molar-refractivity contribution is -0.593. The maximum Gasteiger partial charge on any atom is 0.191 e. The first-order valence-electron chi connectivity index (χ1n) is 13.8. The Morgan fingerprint density at radius 2 is 1.65 bits per heavy atom. The zero-order valence-corrected chi connectivity index (χ0v) is 23.9. The van der Waals surface area contributed by atoms with Crippen LogP contribution < -0.4 is 5.43 Å². The molecule has 2 N–H and O–H groups in total. The van der Waals surface area contributed by atoms with Gasteiger partial charge in [0.2, 0.25) is 0 Å². The van der Waals surface area contributed by atoms with Gasteiger partial charge in [0.15, 0.2) is 22.8 Å². The van der Waals surface area contributed by atoms with E-state index in [1.54, 1.807) is 34.6 Å². The van der Waals surface area contributed by atoms with E-state index < -0.39 is 47.1 Å². The second kappa shape index (κ2) is 9.26. The van der Waals surface area contributed by atoms with Crippen LogP contribution >= 0.6 is 0 Å². The molecular formula is C29H44O8. The van der Waals surface area contributed by atoms with Crippen molar-refractivity contribution in [3.05, 3.63) is 32.9 Å². The maximum atomic E-state index is 13.7. The van der Waals surface area contributed by atoms with Crippen LogP contribution in [0.5, 0.6) is 0 Å². The van der Waals surface area contributed by atoms with Gasteiger partial charge in [-0.3, -0.25) is 9.59 Å². The van der Waals surface area contributed by atoms with Crippen LogP contribution in [0.1, 0.15) is 90.4 Å². The van der Waals surface area contributed by atoms with Crippen molar-refractivity contribution in [3.8, 4) is 0 Å². The highest BCUT2D eigenvalue weighted by Gasteiger charge is 2.77. The first-order chi connectivity index (χ1) is 17.1. The molecule has 1 aromatic rings. The number of aliphatic hydroxyl groups is 2. The Bertz CT molecular complexity index is 1120. The van der Waals surface area contributed by atoms with Crippen molar-refractivity contribution in [2.24, 2.45) is 29.6 Å². The third-order valence-corrected chi connectivity index (χ3v) is 9.99. The van der Waals surface area contributed by atoms with E-state index in [1.165, 1.54) is 0 Å². The lowest BCUT2D eigenvalue weighted by atomic mass is 9.63. The second-order valence-corrected chi connectivity index (χ2v) is 11.7. The van der Waals surface area contributed by atoms with Crippen molar-refractivity contribution >= 4 is 5.78 Å². The molecule has 4 saturated heterocycles. The molecule has 208 valence electrons. The molecule has 0 spiro atoms. The van der Waals surface area contributed by atoms with Crippen molar-refractivity contribution in [1.29, 1.82) is 0 Å². The normalized spacial score (nSPS) is 39.9. The van der Waals surface area contributed by atoms with Crippen LogP contribution in [0.15, 0.2) is 9.21 Å². The molecule has 0 amide bonds. The monoisotopic (exact) mass is 520 g/mol. The summed E-state index contributed by atoms with van der Waals surface area (Å²) in [5.74, 6) is -6.36. The minimum absolute atomic E-state index is 0.114. The number of carbonyl (C=O) groups excluding carboxylic acids is 1. The number of aryl methyl sites for hydroxylation is 1. The van der Waals surface area contributed by atoms with Gasteiger partial charge in [-0.15, -0.1) is 0 Å². The number of hydrogen-bond acceptors (Lipinski definition) is 8. The van der Waals surface area contributed by atoms with Crippen LogP contribution in [-0.4, -0.2) is 45.6 Å². The molecule has 5 heterocycles. The van der Waals surface area contributed by atoms with Gasteiger partial charge in [0.05, 0.1) is 24.0 Å². The average molecular weight is 521 g/mol. The van der Waals surface area contributed by atoms with Crippen LogP contribution in [0.25, 0.3) is 0 Å². The van der Waals surface area contributed by atoms with Crippen LogP contribution in [0.4, 0.5) is 0 Å². The molecule has 5 rings (SSSR count). The van der Waals surface area contributed by atoms with Crippen molar-refractivity contribution in [2.45, 2.75) is 118 Å². The van der Waals surface area contributed by atoms with E-state index in [2.05, 4.69) is 0 Å². The number of rotatable bonds is 8. The van der Waals surface area contributed by atoms with Gasteiger partial charge < -0.3 is 28.8 Å². The molecule has 4 fully saturated rings. The summed E-state index contributed by atoms with van der Waals surface area (Å²) in [6.45, 7) is 18.2. The zero-order valence-electron chi connectivity index (χ0n) is 23.9. The highest BCUT2D eigenvalue weighted by Crippen LogP contribution is 2.64. The fraction of sp³-hybridized carbons (Fsp3) is 0.793. The van der Waals surface area contributed by atoms with Gasteiger partial charge in [-0.1, -0.05) is 48.5 Å². The molecule has 8 nitrogen and oxygen atoms in total. The lowest BCUT2D eigenvalue weighted by Crippen LogP contribution is -2.83. The largest absolute Gasteiger partial charge is 0.465 e. The van der Waals surface area contributed by atoms with E-state index in [-0.39, 0.29) is 29.2 Å². The molecule has 0 radical (unpaired) electrons. The summed E-state index contributed by atoms with van der Waals surface area (Å²) < 4.78 is 25.5. The van der Waals surface area contributed by atoms with Crippen LogP contribution in [-0.2, 0) is 25.4 Å². The standard InChI is InChI=1S/C29H44O8/c1-11-21-13(3)22(30)15(5)25(34-21)16(6)23(31)14(4)24(32)17(7)29-20(10)28(33)19(9)26(35-29)18(8)27(12-2,36-28)37-29/h14,16-20,24,26,32-33H,11-12H2,1-10H3. The van der Waals surface area contributed by atoms with Gasteiger partial charge in [0, 0.05) is 41.2 Å². The number of hydrogen-bond donors (Lipinski definition) is 2. The van der Waals surface area contributed by atoms with Gasteiger partial charge in [0.1, 0.15) is 17.3 Å². The summed E-state index contributed by atoms with van der Waals surface area (Å²) in [6, 6.07) is 0. The highest BCUT2D eigenvalue weighted by molar-refractivity contribution is 5.87. The number of aliphatic hydroxyl groups excluding tert-OH is 1. The van der Waals surface area contributed by atoms with Crippen molar-refractivity contribution < 1.29 is 33.6 Å². The van der Waals surface area contributed by atoms with Gasteiger partial charge in [-0.05, 0) is 27.2 Å². The number of Topliss-reactive ketones (excluding diaryl/α,β-unsaturated/α-hetero) is 1. The van der Waals surface area contributed by atoms with Crippen molar-refractivity contribution in [2.75, 3.05) is 0 Å². The molecule has 11 unspecified atom stereocenters. The number of ketones is 1. The first-order valence-corrected chi connectivity index (χ1v) is 13.8. The van der Waals surface area contributed by atoms with E-state index in [0.717, 1.165) is 0 Å². The fourth-order valence-electron chi connectivity index (χ4n) is 7.15. The van der Waals surface area contributed by atoms with Crippen molar-refractivity contribution in [1.82, 2.24) is 0 Å². The van der Waals surface area contributed by atoms with Crippen LogP contribution in [0, 0.1) is 43.4 Å². The Hall–Kier alpha value is -1.58. The minimum Gasteiger partial charge on any atom is -0.465 e. The SMILES string of the molecule is CCc1oc(C(C)C(=O)C(C)C(O)C(C)C23OC4C(C)C(CC)(OC(O)(C4C)C2C)O3)c(C)c(=O)c1C. The summed E-state index contributed by atoms with van der Waals surface area (Å²) >= 11 is 0. The predicted octanol–water partition coefficient (Wildman–Crippen LogP) is 3.98. The van der Waals surface area contributed by atoms with E-state index >= 15 is 0 Å². The summed E-state index contributed by atoms with van der Waals surface area (Å²) in [7, 11) is 0. The molecule has 4 bridgehead atoms. The highest BCUT2D eigenvalue weighted by atomic mass is 16.9. The maximum absolute atomic E-state index is 13.7. The molecule has 0 saturated carbocycles. The molecular weight excluding hydrogens is 476 g/mol. The summed E-state index contributed by atoms with van der Waals surface area (Å²) in [6.07, 6.45) is -0.404. The van der Waals surface area contributed by atoms with Crippen molar-refractivity contribution in [3.63, 3.8) is 0 Å². The quantitative estimate of drug-likeness (QED) is 0.529. The Morgan fingerprint density at radius 1 is 1.03 bits per heavy atom. The van der Waals surface area contributed by atoms with Gasteiger partial charge >= 0.3 is 0 Å². The Labute approximate surface area is 219 Å². The van der Waals surface area contributed by atoms with Crippen LogP contribution in [0.2, 0.25) is 0 Å². The van der Waals surface area contributed by atoms with Gasteiger partial charge in [0.25, 0.3) is 0 Å². The summed E-state index contributed by atoms with van der Waals surface area (Å²) in [5.41, 5.74) is 0.854. The van der Waals surface area contributed by atoms with Gasteiger partial charge in [-0.2, -0.15) is 0 Å². The zero-order chi connectivity index (χ0) is 27.8. The number of ether oxygens (including phenoxy) is 3. The molecule has 1 aromatic heterocycles. The van der Waals surface area contributed by atoms with E-state index in [1.807, 2.05) is 34.6 Å². The Balaban J connectivity index is 1.65. The third kappa shape index (κ3) is 3.73. The fourth-order valence-corrected chi connectivity index (χ4v) is 7.15. The molecule has 8 heteroatoms. The van der Waals surface area contributed by atoms with Gasteiger partial charge in [-0.25, -0.2) is 0 Å². The number of carbonyl (C=O) groups is 1. The lowest BCUT2D eigenvalue weighted by Gasteiger charge is -2.72. The third-order valence-electron chi connectivity index (χ3n) is 9.99. The molecule has 0 aromatic carbocycles. The van der Waals surface area contributed by atoms with E-state index in [4.69, 9.17) is 18.6 Å². The topological polar surface area (TPSA) is 115 Å². The van der Waals surface area contributed by atoms with E-state index in [9.17, 15) is 19.8 Å². The Kier molecular flexibility index (Phi) is 7.12. The van der Waals surface area contributed by atoms with Crippen LogP contribution in [0.3, 0.4) is 0 Å². The summed E-state index contributed by atoms with van der Waals surface area (Å²) in [4.78, 5) is 26.4. The molecule has 37 heavy (non-hydrogen) atoms. The average Bonchev–Trinajstić information content (AvgIpc) is 2.88.